The number of hydrogen-bond acceptors (Lipinski definition) is 3. The molecule has 0 aliphatic carbocycles. The first-order chi connectivity index (χ1) is 3.56. The van der Waals surface area contributed by atoms with Gasteiger partial charge in [0.25, 0.3) is 0 Å². The largest absolute Gasteiger partial charge is 0.748 e. The van der Waals surface area contributed by atoms with Gasteiger partial charge in [-0.15, -0.1) is 12.3 Å². The van der Waals surface area contributed by atoms with Gasteiger partial charge < -0.3 is 4.55 Å². The molecule has 0 aliphatic rings. The van der Waals surface area contributed by atoms with Crippen molar-refractivity contribution in [3.05, 3.63) is 0 Å². The van der Waals surface area contributed by atoms with Crippen LogP contribution in [-0.2, 0) is 10.1 Å². The van der Waals surface area contributed by atoms with Crippen LogP contribution in [0.2, 0.25) is 0 Å². The second-order valence-electron chi connectivity index (χ2n) is 1.22. The summed E-state index contributed by atoms with van der Waals surface area (Å²) in [5.41, 5.74) is 0. The van der Waals surface area contributed by atoms with Gasteiger partial charge in [-0.1, -0.05) is 0 Å². The summed E-state index contributed by atoms with van der Waals surface area (Å²) >= 11 is 0. The molecule has 0 atom stereocenters. The zero-order chi connectivity index (χ0) is 6.62. The van der Waals surface area contributed by atoms with Gasteiger partial charge in [-0.25, -0.2) is 8.42 Å². The summed E-state index contributed by atoms with van der Waals surface area (Å²) in [6.07, 6.45) is 4.69. The maximum atomic E-state index is 9.74. The monoisotopic (exact) mass is 133 g/mol. The second-order valence-corrected chi connectivity index (χ2v) is 2.74. The van der Waals surface area contributed by atoms with E-state index in [1.54, 1.807) is 0 Å². The molecular weight excluding hydrogens is 128 g/mol. The molecule has 3 nitrogen and oxygen atoms in total. The number of hydrogen-bond donors (Lipinski definition) is 0. The van der Waals surface area contributed by atoms with Crippen molar-refractivity contribution in [1.29, 1.82) is 0 Å². The SMILES string of the molecule is C#CCCS(=O)(=O)[O-]. The molecule has 0 N–H and O–H groups in total. The molecule has 46 valence electrons. The van der Waals surface area contributed by atoms with E-state index in [1.807, 2.05) is 5.92 Å². The third-order valence-electron chi connectivity index (χ3n) is 0.496. The highest BCUT2D eigenvalue weighted by molar-refractivity contribution is 7.85. The molecule has 0 aromatic rings. The van der Waals surface area contributed by atoms with Crippen molar-refractivity contribution in [2.24, 2.45) is 0 Å². The minimum absolute atomic E-state index is 0.00579. The van der Waals surface area contributed by atoms with Gasteiger partial charge in [0, 0.05) is 12.2 Å². The zero-order valence-corrected chi connectivity index (χ0v) is 4.94. The molecule has 0 aromatic carbocycles. The lowest BCUT2D eigenvalue weighted by atomic mass is 10.5. The van der Waals surface area contributed by atoms with E-state index in [4.69, 9.17) is 0 Å². The highest BCUT2D eigenvalue weighted by atomic mass is 32.2. The van der Waals surface area contributed by atoms with Crippen LogP contribution in [0.1, 0.15) is 6.42 Å². The van der Waals surface area contributed by atoms with Crippen LogP contribution in [-0.4, -0.2) is 18.7 Å². The van der Waals surface area contributed by atoms with Gasteiger partial charge in [-0.3, -0.25) is 0 Å². The van der Waals surface area contributed by atoms with Crippen molar-refractivity contribution < 1.29 is 13.0 Å². The summed E-state index contributed by atoms with van der Waals surface area (Å²) in [5.74, 6) is 1.59. The fourth-order valence-corrected chi connectivity index (χ4v) is 0.552. The van der Waals surface area contributed by atoms with Gasteiger partial charge in [0.15, 0.2) is 0 Å². The molecule has 0 aliphatic heterocycles. The lowest BCUT2D eigenvalue weighted by Gasteiger charge is -2.00. The van der Waals surface area contributed by atoms with Crippen LogP contribution >= 0.6 is 0 Å². The molecule has 4 heteroatoms. The molecule has 0 radical (unpaired) electrons. The highest BCUT2D eigenvalue weighted by Crippen LogP contribution is 1.83. The Balaban J connectivity index is 3.63. The van der Waals surface area contributed by atoms with Gasteiger partial charge in [0.2, 0.25) is 0 Å². The predicted molar refractivity (Wildman–Crippen MR) is 28.0 cm³/mol. The lowest BCUT2D eigenvalue weighted by molar-refractivity contribution is 0.463. The van der Waals surface area contributed by atoms with Crippen LogP contribution in [0.4, 0.5) is 0 Å². The maximum absolute atomic E-state index is 9.74. The quantitative estimate of drug-likeness (QED) is 0.379. The molecule has 0 fully saturated rings. The Bertz CT molecular complexity index is 184. The lowest BCUT2D eigenvalue weighted by Crippen LogP contribution is -2.02. The Morgan fingerprint density at radius 2 is 2.12 bits per heavy atom. The van der Waals surface area contributed by atoms with E-state index < -0.39 is 15.9 Å². The van der Waals surface area contributed by atoms with Gasteiger partial charge >= 0.3 is 0 Å². The van der Waals surface area contributed by atoms with E-state index >= 15 is 0 Å². The zero-order valence-electron chi connectivity index (χ0n) is 4.12. The van der Waals surface area contributed by atoms with Crippen molar-refractivity contribution in [2.45, 2.75) is 6.42 Å². The summed E-state index contributed by atoms with van der Waals surface area (Å²) in [6, 6.07) is 0. The molecule has 8 heavy (non-hydrogen) atoms. The van der Waals surface area contributed by atoms with Gasteiger partial charge in [0.1, 0.15) is 0 Å². The molecule has 0 heterocycles. The summed E-state index contributed by atoms with van der Waals surface area (Å²) in [6.45, 7) is 0. The normalized spacial score (nSPS) is 10.5. The highest BCUT2D eigenvalue weighted by Gasteiger charge is 1.88. The van der Waals surface area contributed by atoms with Crippen molar-refractivity contribution in [3.8, 4) is 12.3 Å². The molecule has 0 unspecified atom stereocenters. The molecule has 0 rings (SSSR count). The standard InChI is InChI=1S/C4H6O3S/c1-2-3-4-8(5,6)7/h1H,3-4H2,(H,5,6,7)/p-1. The first-order valence-corrected chi connectivity index (χ1v) is 3.51. The fourth-order valence-electron chi connectivity index (χ4n) is 0.184. The van der Waals surface area contributed by atoms with E-state index in [1.165, 1.54) is 0 Å². The number of terminal acetylenes is 1. The topological polar surface area (TPSA) is 57.2 Å². The van der Waals surface area contributed by atoms with Crippen LogP contribution in [0.15, 0.2) is 0 Å². The Kier molecular flexibility index (Phi) is 2.52. The third kappa shape index (κ3) is 5.47. The summed E-state index contributed by atoms with van der Waals surface area (Å²) in [5, 5.41) is 0. The molecular formula is C4H5O3S-. The van der Waals surface area contributed by atoms with Crippen molar-refractivity contribution in [2.75, 3.05) is 5.75 Å². The molecule has 0 amide bonds. The Morgan fingerprint density at radius 1 is 1.62 bits per heavy atom. The minimum Gasteiger partial charge on any atom is -0.748 e. The first-order valence-electron chi connectivity index (χ1n) is 1.93. The molecule has 0 bridgehead atoms. The van der Waals surface area contributed by atoms with E-state index in [0.29, 0.717) is 0 Å². The van der Waals surface area contributed by atoms with E-state index in [2.05, 4.69) is 6.42 Å². The molecule has 0 saturated carbocycles. The maximum Gasteiger partial charge on any atom is 0.0955 e. The van der Waals surface area contributed by atoms with Crippen LogP contribution in [0.25, 0.3) is 0 Å². The smallest absolute Gasteiger partial charge is 0.0955 e. The second kappa shape index (κ2) is 2.70. The average molecular weight is 133 g/mol. The Labute approximate surface area is 48.5 Å². The average Bonchev–Trinajstić information content (AvgIpc) is 1.59. The van der Waals surface area contributed by atoms with E-state index in [-0.39, 0.29) is 6.42 Å². The van der Waals surface area contributed by atoms with Gasteiger partial charge in [-0.2, -0.15) is 0 Å². The Hall–Kier alpha value is -0.530. The van der Waals surface area contributed by atoms with E-state index in [9.17, 15) is 13.0 Å². The van der Waals surface area contributed by atoms with Crippen LogP contribution < -0.4 is 0 Å². The van der Waals surface area contributed by atoms with Crippen molar-refractivity contribution in [1.82, 2.24) is 0 Å². The van der Waals surface area contributed by atoms with Crippen LogP contribution in [0.3, 0.4) is 0 Å². The summed E-state index contributed by atoms with van der Waals surface area (Å²) < 4.78 is 29.2. The number of rotatable bonds is 2. The van der Waals surface area contributed by atoms with Gasteiger partial charge in [0.05, 0.1) is 10.1 Å². The molecule has 0 spiro atoms. The van der Waals surface area contributed by atoms with Gasteiger partial charge in [-0.05, 0) is 0 Å². The Morgan fingerprint density at radius 3 is 2.25 bits per heavy atom. The van der Waals surface area contributed by atoms with Crippen molar-refractivity contribution >= 4 is 10.1 Å². The van der Waals surface area contributed by atoms with Crippen LogP contribution in [0.5, 0.6) is 0 Å². The molecule has 0 saturated heterocycles. The van der Waals surface area contributed by atoms with E-state index in [0.717, 1.165) is 0 Å². The summed E-state index contributed by atoms with van der Waals surface area (Å²) in [7, 11) is -4.08. The third-order valence-corrected chi connectivity index (χ3v) is 1.20. The summed E-state index contributed by atoms with van der Waals surface area (Å²) in [4.78, 5) is 0. The van der Waals surface area contributed by atoms with Crippen molar-refractivity contribution in [3.63, 3.8) is 0 Å². The van der Waals surface area contributed by atoms with Crippen LogP contribution in [0, 0.1) is 12.3 Å². The minimum atomic E-state index is -4.08. The first kappa shape index (κ1) is 7.47. The fraction of sp³-hybridized carbons (Fsp3) is 0.500. The predicted octanol–water partition coefficient (Wildman–Crippen LogP) is -0.445. The molecule has 0 aromatic heterocycles.